The Hall–Kier alpha value is -2.21. The molecule has 4 heterocycles. The Kier molecular flexibility index (Phi) is 5.96. The molecule has 4 aliphatic heterocycles. The number of benzene rings is 1. The van der Waals surface area contributed by atoms with Gasteiger partial charge in [0.1, 0.15) is 11.9 Å². The number of hydrogen-bond acceptors (Lipinski definition) is 6. The lowest BCUT2D eigenvalue weighted by molar-refractivity contribution is -0.124. The molecule has 1 aromatic rings. The molecule has 2 N–H and O–H groups in total. The number of carbonyl (C=O) groups is 1. The molecule has 7 atom stereocenters. The third-order valence-electron chi connectivity index (χ3n) is 8.90. The average Bonchev–Trinajstić information content (AvgIpc) is 3.65. The second kappa shape index (κ2) is 9.10. The van der Waals surface area contributed by atoms with Gasteiger partial charge in [0, 0.05) is 56.5 Å². The monoisotopic (exact) mass is 467 g/mol. The molecule has 0 radical (unpaired) electrons. The Morgan fingerprint density at radius 2 is 2.18 bits per heavy atom. The average molecular weight is 468 g/mol. The zero-order valence-electron chi connectivity index (χ0n) is 19.6. The Balaban J connectivity index is 1.09. The molecule has 0 spiro atoms. The van der Waals surface area contributed by atoms with Crippen molar-refractivity contribution >= 4 is 11.6 Å². The Morgan fingerprint density at radius 1 is 1.26 bits per heavy atom. The van der Waals surface area contributed by atoms with Gasteiger partial charge in [-0.15, -0.1) is 0 Å². The lowest BCUT2D eigenvalue weighted by Gasteiger charge is -2.29. The van der Waals surface area contributed by atoms with Crippen molar-refractivity contribution in [1.29, 1.82) is 5.26 Å². The maximum Gasteiger partial charge on any atom is 0.238 e. The molecule has 1 amide bonds. The van der Waals surface area contributed by atoms with Crippen molar-refractivity contribution < 1.29 is 13.9 Å². The zero-order valence-corrected chi connectivity index (χ0v) is 19.6. The molecule has 1 aromatic carbocycles. The third kappa shape index (κ3) is 4.08. The highest BCUT2D eigenvalue weighted by Gasteiger charge is 2.44. The molecule has 34 heavy (non-hydrogen) atoms. The highest BCUT2D eigenvalue weighted by atomic mass is 19.1. The van der Waals surface area contributed by atoms with Crippen molar-refractivity contribution in [2.75, 3.05) is 37.7 Å². The molecule has 182 valence electrons. The number of carbonyl (C=O) groups excluding carboxylic acids is 1. The van der Waals surface area contributed by atoms with Crippen molar-refractivity contribution in [1.82, 2.24) is 15.5 Å². The SMILES string of the molecule is N#C[C@H](Cc1ccc(N2CCC3CN(C4CCOC4)CC32)cc1F)NC(=O)[C@H]1N[C@@H]2CC[C@H]1C2. The van der Waals surface area contributed by atoms with Crippen LogP contribution in [0, 0.1) is 29.0 Å². The van der Waals surface area contributed by atoms with Gasteiger partial charge in [-0.3, -0.25) is 9.69 Å². The number of rotatable bonds is 6. The predicted molar refractivity (Wildman–Crippen MR) is 126 cm³/mol. The lowest BCUT2D eigenvalue weighted by atomic mass is 9.98. The van der Waals surface area contributed by atoms with Gasteiger partial charge >= 0.3 is 0 Å². The van der Waals surface area contributed by atoms with Crippen LogP contribution in [0.5, 0.6) is 0 Å². The first-order valence-electron chi connectivity index (χ1n) is 12.9. The summed E-state index contributed by atoms with van der Waals surface area (Å²) in [5.74, 6) is 0.559. The smallest absolute Gasteiger partial charge is 0.238 e. The van der Waals surface area contributed by atoms with Crippen molar-refractivity contribution in [2.24, 2.45) is 11.8 Å². The Bertz CT molecular complexity index is 976. The Morgan fingerprint density at radius 3 is 2.88 bits per heavy atom. The second-order valence-corrected chi connectivity index (χ2v) is 10.9. The number of amides is 1. The van der Waals surface area contributed by atoms with Crippen molar-refractivity contribution in [3.63, 3.8) is 0 Å². The van der Waals surface area contributed by atoms with E-state index in [0.29, 0.717) is 35.5 Å². The summed E-state index contributed by atoms with van der Waals surface area (Å²) in [4.78, 5) is 17.6. The first-order chi connectivity index (χ1) is 16.6. The summed E-state index contributed by atoms with van der Waals surface area (Å²) in [5, 5.41) is 15.8. The van der Waals surface area contributed by atoms with Crippen LogP contribution in [0.25, 0.3) is 0 Å². The second-order valence-electron chi connectivity index (χ2n) is 10.9. The summed E-state index contributed by atoms with van der Waals surface area (Å²) in [6, 6.07) is 7.97. The molecular weight excluding hydrogens is 433 g/mol. The fourth-order valence-electron chi connectivity index (χ4n) is 7.06. The molecule has 4 saturated heterocycles. The number of nitrogens with one attached hydrogen (secondary N) is 2. The molecule has 8 heteroatoms. The maximum atomic E-state index is 15.1. The number of fused-ring (bicyclic) bond motifs is 3. The van der Waals surface area contributed by atoms with Gasteiger partial charge in [0.2, 0.25) is 5.91 Å². The summed E-state index contributed by atoms with van der Waals surface area (Å²) in [7, 11) is 0. The van der Waals surface area contributed by atoms with Crippen LogP contribution in [-0.2, 0) is 16.0 Å². The van der Waals surface area contributed by atoms with E-state index in [1.165, 1.54) is 0 Å². The van der Waals surface area contributed by atoms with Crippen molar-refractivity contribution in [2.45, 2.75) is 68.7 Å². The number of nitriles is 1. The molecule has 2 bridgehead atoms. The standard InChI is InChI=1S/C26H34FN5O2/c27-23-11-21(32-7-5-18-13-31(14-24(18)32)22-6-8-34-15-22)4-2-16(23)9-20(12-28)30-26(33)25-17-1-3-19(10-17)29-25/h2,4,11,17-20,22,24-25,29H,1,3,5-10,13-15H2,(H,30,33)/t17-,18?,19+,20-,22?,24?,25-/m0/s1. The minimum Gasteiger partial charge on any atom is -0.380 e. The molecule has 3 unspecified atom stereocenters. The third-order valence-corrected chi connectivity index (χ3v) is 8.90. The molecule has 1 saturated carbocycles. The van der Waals surface area contributed by atoms with E-state index in [4.69, 9.17) is 4.74 Å². The van der Waals surface area contributed by atoms with Gasteiger partial charge < -0.3 is 20.3 Å². The van der Waals surface area contributed by atoms with Gasteiger partial charge in [-0.2, -0.15) is 5.26 Å². The fraction of sp³-hybridized carbons (Fsp3) is 0.692. The first kappa shape index (κ1) is 22.3. The quantitative estimate of drug-likeness (QED) is 0.664. The first-order valence-corrected chi connectivity index (χ1v) is 12.9. The molecule has 7 nitrogen and oxygen atoms in total. The maximum absolute atomic E-state index is 15.1. The molecule has 5 aliphatic rings. The van der Waals surface area contributed by atoms with E-state index in [-0.39, 0.29) is 24.2 Å². The van der Waals surface area contributed by atoms with Gasteiger partial charge in [-0.25, -0.2) is 4.39 Å². The van der Waals surface area contributed by atoms with Crippen LogP contribution < -0.4 is 15.5 Å². The van der Waals surface area contributed by atoms with Crippen LogP contribution >= 0.6 is 0 Å². The van der Waals surface area contributed by atoms with E-state index in [1.54, 1.807) is 12.1 Å². The molecule has 0 aromatic heterocycles. The molecule has 6 rings (SSSR count). The lowest BCUT2D eigenvalue weighted by Crippen LogP contribution is -2.50. The van der Waals surface area contributed by atoms with E-state index < -0.39 is 6.04 Å². The van der Waals surface area contributed by atoms with Crippen LogP contribution in [0.2, 0.25) is 0 Å². The van der Waals surface area contributed by atoms with E-state index in [2.05, 4.69) is 26.5 Å². The van der Waals surface area contributed by atoms with Crippen molar-refractivity contribution in [3.05, 3.63) is 29.6 Å². The van der Waals surface area contributed by atoms with Crippen LogP contribution in [-0.4, -0.2) is 73.9 Å². The number of anilines is 1. The summed E-state index contributed by atoms with van der Waals surface area (Å²) >= 11 is 0. The minimum absolute atomic E-state index is 0.127. The Labute approximate surface area is 200 Å². The van der Waals surface area contributed by atoms with Gasteiger partial charge in [-0.1, -0.05) is 6.07 Å². The molecule has 1 aliphatic carbocycles. The van der Waals surface area contributed by atoms with Crippen LogP contribution in [0.15, 0.2) is 18.2 Å². The van der Waals surface area contributed by atoms with E-state index >= 15 is 4.39 Å². The predicted octanol–water partition coefficient (Wildman–Crippen LogP) is 1.82. The van der Waals surface area contributed by atoms with Crippen molar-refractivity contribution in [3.8, 4) is 6.07 Å². The summed E-state index contributed by atoms with van der Waals surface area (Å²) in [6.07, 6.45) is 5.65. The number of ether oxygens (including phenoxy) is 1. The number of halogens is 1. The van der Waals surface area contributed by atoms with E-state index in [9.17, 15) is 10.1 Å². The van der Waals surface area contributed by atoms with E-state index in [0.717, 1.165) is 70.6 Å². The summed E-state index contributed by atoms with van der Waals surface area (Å²) in [6.45, 7) is 4.77. The summed E-state index contributed by atoms with van der Waals surface area (Å²) < 4.78 is 20.7. The van der Waals surface area contributed by atoms with Gasteiger partial charge in [0.15, 0.2) is 0 Å². The number of hydrogen-bond donors (Lipinski definition) is 2. The highest BCUT2D eigenvalue weighted by Crippen LogP contribution is 2.37. The molecule has 5 fully saturated rings. The van der Waals surface area contributed by atoms with Gasteiger partial charge in [-0.05, 0) is 61.6 Å². The van der Waals surface area contributed by atoms with Crippen LogP contribution in [0.3, 0.4) is 0 Å². The van der Waals surface area contributed by atoms with Gasteiger partial charge in [0.05, 0.1) is 18.7 Å². The van der Waals surface area contributed by atoms with Crippen LogP contribution in [0.1, 0.15) is 37.7 Å². The normalized spacial score (nSPS) is 35.5. The van der Waals surface area contributed by atoms with E-state index in [1.807, 2.05) is 6.07 Å². The number of likely N-dealkylation sites (tertiary alicyclic amines) is 1. The summed E-state index contributed by atoms with van der Waals surface area (Å²) in [5.41, 5.74) is 1.39. The minimum atomic E-state index is -0.734. The largest absolute Gasteiger partial charge is 0.380 e. The molecular formula is C26H34FN5O2. The zero-order chi connectivity index (χ0) is 23.2. The highest BCUT2D eigenvalue weighted by molar-refractivity contribution is 5.83. The van der Waals surface area contributed by atoms with Crippen LogP contribution in [0.4, 0.5) is 10.1 Å². The number of piperidine rings is 1. The topological polar surface area (TPSA) is 80.6 Å². The number of nitrogens with zero attached hydrogens (tertiary/aromatic N) is 3. The van der Waals surface area contributed by atoms with Gasteiger partial charge in [0.25, 0.3) is 0 Å². The fourth-order valence-corrected chi connectivity index (χ4v) is 7.06.